The second kappa shape index (κ2) is 8.65. The molecule has 3 rings (SSSR count). The standard InChI is InChI=1S/C21H24N2O3/c1-16-20(15-23(2)12-7-13-24)22-21(25-16)17-8-6-11-19(14-17)26-18-9-4-3-5-10-18/h3-6,8-11,14,24H,7,12-13,15H2,1-2H3. The predicted molar refractivity (Wildman–Crippen MR) is 101 cm³/mol. The van der Waals surface area contributed by atoms with E-state index in [1.807, 2.05) is 68.6 Å². The second-order valence-electron chi connectivity index (χ2n) is 6.28. The van der Waals surface area contributed by atoms with E-state index in [0.29, 0.717) is 12.4 Å². The second-order valence-corrected chi connectivity index (χ2v) is 6.28. The summed E-state index contributed by atoms with van der Waals surface area (Å²) in [6.07, 6.45) is 0.749. The van der Waals surface area contributed by atoms with Crippen LogP contribution in [0, 0.1) is 6.92 Å². The van der Waals surface area contributed by atoms with Gasteiger partial charge in [-0.3, -0.25) is 0 Å². The molecule has 2 aromatic carbocycles. The largest absolute Gasteiger partial charge is 0.457 e. The Morgan fingerprint density at radius 3 is 2.62 bits per heavy atom. The third-order valence-corrected chi connectivity index (χ3v) is 4.07. The first kappa shape index (κ1) is 18.2. The lowest BCUT2D eigenvalue weighted by atomic mass is 10.2. The summed E-state index contributed by atoms with van der Waals surface area (Å²) >= 11 is 0. The van der Waals surface area contributed by atoms with Crippen molar-refractivity contribution in [3.05, 3.63) is 66.1 Å². The fraction of sp³-hybridized carbons (Fsp3) is 0.286. The fourth-order valence-corrected chi connectivity index (χ4v) is 2.69. The molecule has 1 aromatic heterocycles. The third kappa shape index (κ3) is 4.71. The molecule has 0 aliphatic carbocycles. The van der Waals surface area contributed by atoms with E-state index in [2.05, 4.69) is 9.88 Å². The molecular weight excluding hydrogens is 328 g/mol. The zero-order chi connectivity index (χ0) is 18.4. The zero-order valence-electron chi connectivity index (χ0n) is 15.2. The predicted octanol–water partition coefficient (Wildman–Crippen LogP) is 4.26. The van der Waals surface area contributed by atoms with Crippen LogP contribution in [0.5, 0.6) is 11.5 Å². The molecule has 1 N–H and O–H groups in total. The van der Waals surface area contributed by atoms with E-state index in [4.69, 9.17) is 14.3 Å². The molecule has 5 nitrogen and oxygen atoms in total. The van der Waals surface area contributed by atoms with Crippen molar-refractivity contribution in [2.75, 3.05) is 20.2 Å². The number of aliphatic hydroxyl groups is 1. The monoisotopic (exact) mass is 352 g/mol. The van der Waals surface area contributed by atoms with Crippen LogP contribution in [0.2, 0.25) is 0 Å². The summed E-state index contributed by atoms with van der Waals surface area (Å²) in [6, 6.07) is 17.4. The molecule has 0 aliphatic rings. The molecule has 0 radical (unpaired) electrons. The van der Waals surface area contributed by atoms with Crippen molar-refractivity contribution in [2.45, 2.75) is 19.9 Å². The van der Waals surface area contributed by atoms with Gasteiger partial charge in [0.1, 0.15) is 17.3 Å². The highest BCUT2D eigenvalue weighted by atomic mass is 16.5. The van der Waals surface area contributed by atoms with E-state index in [1.54, 1.807) is 0 Å². The lowest BCUT2D eigenvalue weighted by Crippen LogP contribution is -2.20. The van der Waals surface area contributed by atoms with Crippen LogP contribution in [-0.4, -0.2) is 35.2 Å². The molecule has 5 heteroatoms. The van der Waals surface area contributed by atoms with Crippen molar-refractivity contribution in [1.82, 2.24) is 9.88 Å². The minimum absolute atomic E-state index is 0.196. The van der Waals surface area contributed by atoms with E-state index in [1.165, 1.54) is 0 Å². The summed E-state index contributed by atoms with van der Waals surface area (Å²) in [7, 11) is 2.01. The van der Waals surface area contributed by atoms with Crippen LogP contribution in [0.25, 0.3) is 11.5 Å². The average Bonchev–Trinajstić information content (AvgIpc) is 3.01. The molecule has 0 unspecified atom stereocenters. The molecule has 0 atom stereocenters. The maximum Gasteiger partial charge on any atom is 0.226 e. The highest BCUT2D eigenvalue weighted by Gasteiger charge is 2.14. The zero-order valence-corrected chi connectivity index (χ0v) is 15.2. The smallest absolute Gasteiger partial charge is 0.226 e. The number of nitrogens with zero attached hydrogens (tertiary/aromatic N) is 2. The van der Waals surface area contributed by atoms with Gasteiger partial charge in [-0.25, -0.2) is 4.98 Å². The summed E-state index contributed by atoms with van der Waals surface area (Å²) in [5.41, 5.74) is 1.79. The molecule has 26 heavy (non-hydrogen) atoms. The average molecular weight is 352 g/mol. The minimum atomic E-state index is 0.196. The van der Waals surface area contributed by atoms with Gasteiger partial charge in [-0.1, -0.05) is 24.3 Å². The van der Waals surface area contributed by atoms with Gasteiger partial charge in [0.25, 0.3) is 0 Å². The van der Waals surface area contributed by atoms with E-state index >= 15 is 0 Å². The summed E-state index contributed by atoms with van der Waals surface area (Å²) in [6.45, 7) is 3.63. The van der Waals surface area contributed by atoms with Crippen molar-refractivity contribution >= 4 is 0 Å². The number of aliphatic hydroxyl groups excluding tert-OH is 1. The lowest BCUT2D eigenvalue weighted by Gasteiger charge is -2.14. The third-order valence-electron chi connectivity index (χ3n) is 4.07. The number of para-hydroxylation sites is 1. The number of oxazole rings is 1. The van der Waals surface area contributed by atoms with Crippen molar-refractivity contribution in [1.29, 1.82) is 0 Å². The van der Waals surface area contributed by atoms with Crippen molar-refractivity contribution in [2.24, 2.45) is 0 Å². The highest BCUT2D eigenvalue weighted by molar-refractivity contribution is 5.57. The van der Waals surface area contributed by atoms with Crippen LogP contribution in [0.4, 0.5) is 0 Å². The molecule has 0 saturated heterocycles. The maximum atomic E-state index is 8.95. The SMILES string of the molecule is Cc1oc(-c2cccc(Oc3ccccc3)c2)nc1CN(C)CCCO. The Kier molecular flexibility index (Phi) is 6.04. The number of ether oxygens (including phenoxy) is 1. The summed E-state index contributed by atoms with van der Waals surface area (Å²) in [4.78, 5) is 6.77. The molecule has 1 heterocycles. The van der Waals surface area contributed by atoms with Crippen LogP contribution < -0.4 is 4.74 Å². The van der Waals surface area contributed by atoms with Crippen molar-refractivity contribution in [3.63, 3.8) is 0 Å². The van der Waals surface area contributed by atoms with Gasteiger partial charge in [0.2, 0.25) is 5.89 Å². The number of hydrogen-bond acceptors (Lipinski definition) is 5. The van der Waals surface area contributed by atoms with Crippen LogP contribution in [0.1, 0.15) is 17.9 Å². The lowest BCUT2D eigenvalue weighted by molar-refractivity contribution is 0.242. The summed E-state index contributed by atoms with van der Waals surface area (Å²) < 4.78 is 11.8. The molecule has 0 amide bonds. The van der Waals surface area contributed by atoms with Gasteiger partial charge >= 0.3 is 0 Å². The number of aryl methyl sites for hydroxylation is 1. The van der Waals surface area contributed by atoms with Gasteiger partial charge in [-0.05, 0) is 50.7 Å². The Morgan fingerprint density at radius 2 is 1.85 bits per heavy atom. The van der Waals surface area contributed by atoms with E-state index in [-0.39, 0.29) is 6.61 Å². The van der Waals surface area contributed by atoms with Gasteiger partial charge in [0.05, 0.1) is 5.69 Å². The van der Waals surface area contributed by atoms with Gasteiger partial charge in [0.15, 0.2) is 0 Å². The normalized spacial score (nSPS) is 11.1. The Hall–Kier alpha value is -2.63. The summed E-state index contributed by atoms with van der Waals surface area (Å²) in [5, 5.41) is 8.95. The van der Waals surface area contributed by atoms with Crippen molar-refractivity contribution in [3.8, 4) is 23.0 Å². The van der Waals surface area contributed by atoms with Crippen LogP contribution in [0.3, 0.4) is 0 Å². The molecular formula is C21H24N2O3. The van der Waals surface area contributed by atoms with Crippen LogP contribution in [-0.2, 0) is 6.54 Å². The minimum Gasteiger partial charge on any atom is -0.457 e. The molecule has 136 valence electrons. The fourth-order valence-electron chi connectivity index (χ4n) is 2.69. The van der Waals surface area contributed by atoms with Gasteiger partial charge < -0.3 is 19.2 Å². The quantitative estimate of drug-likeness (QED) is 0.656. The Labute approximate surface area is 153 Å². The topological polar surface area (TPSA) is 58.7 Å². The summed E-state index contributed by atoms with van der Waals surface area (Å²) in [5.74, 6) is 2.93. The van der Waals surface area contributed by atoms with Gasteiger partial charge in [-0.15, -0.1) is 0 Å². The first-order valence-corrected chi connectivity index (χ1v) is 8.75. The molecule has 0 spiro atoms. The number of aromatic nitrogens is 1. The molecule has 3 aromatic rings. The number of hydrogen-bond donors (Lipinski definition) is 1. The van der Waals surface area contributed by atoms with E-state index in [9.17, 15) is 0 Å². The molecule has 0 bridgehead atoms. The van der Waals surface area contributed by atoms with E-state index in [0.717, 1.165) is 41.5 Å². The molecule has 0 aliphatic heterocycles. The van der Waals surface area contributed by atoms with E-state index < -0.39 is 0 Å². The maximum absolute atomic E-state index is 8.95. The van der Waals surface area contributed by atoms with Gasteiger partial charge in [-0.2, -0.15) is 0 Å². The highest BCUT2D eigenvalue weighted by Crippen LogP contribution is 2.28. The Balaban J connectivity index is 1.75. The van der Waals surface area contributed by atoms with Crippen LogP contribution in [0.15, 0.2) is 59.0 Å². The number of rotatable bonds is 8. The molecule has 0 saturated carbocycles. The Morgan fingerprint density at radius 1 is 1.08 bits per heavy atom. The Bertz CT molecular complexity index is 830. The van der Waals surface area contributed by atoms with Gasteiger partial charge in [0, 0.05) is 25.3 Å². The first-order chi connectivity index (χ1) is 12.7. The number of benzene rings is 2. The van der Waals surface area contributed by atoms with Crippen molar-refractivity contribution < 1.29 is 14.3 Å². The molecule has 0 fully saturated rings. The van der Waals surface area contributed by atoms with Crippen LogP contribution >= 0.6 is 0 Å². The first-order valence-electron chi connectivity index (χ1n) is 8.75.